The first-order valence-electron chi connectivity index (χ1n) is 4.16. The van der Waals surface area contributed by atoms with Gasteiger partial charge >= 0.3 is 0 Å². The van der Waals surface area contributed by atoms with Crippen LogP contribution in [0.2, 0.25) is 0 Å². The van der Waals surface area contributed by atoms with Crippen molar-refractivity contribution in [2.45, 2.75) is 19.6 Å². The van der Waals surface area contributed by atoms with E-state index in [-0.39, 0.29) is 0 Å². The first-order valence-corrected chi connectivity index (χ1v) is 5.77. The molecule has 2 nitrogen and oxygen atoms in total. The average Bonchev–Trinajstić information content (AvgIpc) is 2.62. The Labute approximate surface area is 90.0 Å². The molecule has 2 heterocycles. The third-order valence-corrected chi connectivity index (χ3v) is 4.46. The highest BCUT2D eigenvalue weighted by atomic mass is 79.9. The molecule has 0 aliphatic carbocycles. The fraction of sp³-hybridized carbons (Fsp3) is 0.556. The fourth-order valence-corrected chi connectivity index (χ4v) is 2.93. The van der Waals surface area contributed by atoms with Gasteiger partial charge in [0.05, 0.1) is 21.9 Å². The average molecular weight is 263 g/mol. The molecule has 1 aliphatic rings. The standard InChI is InChI=1S/C9H11BrO2S/c1-6-5-7(13-8(6)10)9(2)11-3-4-12-9/h5H,3-4H2,1-2H3. The van der Waals surface area contributed by atoms with Gasteiger partial charge in [-0.3, -0.25) is 0 Å². The van der Waals surface area contributed by atoms with E-state index in [1.165, 1.54) is 5.56 Å². The first kappa shape index (κ1) is 9.65. The monoisotopic (exact) mass is 262 g/mol. The number of rotatable bonds is 1. The number of aryl methyl sites for hydroxylation is 1. The molecule has 0 unspecified atom stereocenters. The summed E-state index contributed by atoms with van der Waals surface area (Å²) in [7, 11) is 0. The van der Waals surface area contributed by atoms with Crippen LogP contribution in [0.15, 0.2) is 9.85 Å². The highest BCUT2D eigenvalue weighted by Crippen LogP contribution is 2.39. The lowest BCUT2D eigenvalue weighted by molar-refractivity contribution is -0.146. The van der Waals surface area contributed by atoms with Crippen LogP contribution in [-0.4, -0.2) is 13.2 Å². The molecular formula is C9H11BrO2S. The summed E-state index contributed by atoms with van der Waals surface area (Å²) in [5.41, 5.74) is 1.24. The number of halogens is 1. The van der Waals surface area contributed by atoms with E-state index in [9.17, 15) is 0 Å². The Morgan fingerprint density at radius 3 is 2.54 bits per heavy atom. The Kier molecular flexibility index (Phi) is 2.49. The van der Waals surface area contributed by atoms with Crippen molar-refractivity contribution in [2.75, 3.05) is 13.2 Å². The molecule has 4 heteroatoms. The van der Waals surface area contributed by atoms with E-state index >= 15 is 0 Å². The Morgan fingerprint density at radius 2 is 2.08 bits per heavy atom. The minimum absolute atomic E-state index is 0.512. The Hall–Kier alpha value is 0.100. The second-order valence-corrected chi connectivity index (χ2v) is 5.58. The zero-order chi connectivity index (χ0) is 9.47. The van der Waals surface area contributed by atoms with Crippen LogP contribution in [0.3, 0.4) is 0 Å². The van der Waals surface area contributed by atoms with Crippen LogP contribution in [0.4, 0.5) is 0 Å². The van der Waals surface area contributed by atoms with Crippen molar-refractivity contribution in [3.05, 3.63) is 20.3 Å². The van der Waals surface area contributed by atoms with Crippen molar-refractivity contribution in [1.82, 2.24) is 0 Å². The SMILES string of the molecule is Cc1cc(C2(C)OCCO2)sc1Br. The molecule has 0 saturated carbocycles. The van der Waals surface area contributed by atoms with E-state index in [1.807, 2.05) is 6.92 Å². The molecule has 1 aromatic heterocycles. The largest absolute Gasteiger partial charge is 0.343 e. The van der Waals surface area contributed by atoms with Gasteiger partial charge in [-0.05, 0) is 41.4 Å². The van der Waals surface area contributed by atoms with Crippen LogP contribution in [0, 0.1) is 6.92 Å². The number of hydrogen-bond acceptors (Lipinski definition) is 3. The zero-order valence-electron chi connectivity index (χ0n) is 7.59. The summed E-state index contributed by atoms with van der Waals surface area (Å²) >= 11 is 5.17. The van der Waals surface area contributed by atoms with Gasteiger partial charge in [-0.2, -0.15) is 0 Å². The van der Waals surface area contributed by atoms with Crippen LogP contribution in [0.5, 0.6) is 0 Å². The predicted octanol–water partition coefficient (Wildman–Crippen LogP) is 3.04. The van der Waals surface area contributed by atoms with E-state index in [0.717, 1.165) is 8.66 Å². The van der Waals surface area contributed by atoms with Gasteiger partial charge in [0, 0.05) is 0 Å². The molecule has 0 N–H and O–H groups in total. The quantitative estimate of drug-likeness (QED) is 0.775. The molecule has 0 spiro atoms. The van der Waals surface area contributed by atoms with E-state index in [4.69, 9.17) is 9.47 Å². The van der Waals surface area contributed by atoms with Crippen molar-refractivity contribution >= 4 is 27.3 Å². The second kappa shape index (κ2) is 3.35. The molecule has 0 atom stereocenters. The van der Waals surface area contributed by atoms with Gasteiger partial charge in [-0.25, -0.2) is 0 Å². The van der Waals surface area contributed by atoms with E-state index in [1.54, 1.807) is 11.3 Å². The molecule has 1 aliphatic heterocycles. The summed E-state index contributed by atoms with van der Waals surface area (Å²) in [5.74, 6) is -0.512. The molecule has 0 aromatic carbocycles. The van der Waals surface area contributed by atoms with Crippen molar-refractivity contribution in [1.29, 1.82) is 0 Å². The molecule has 0 radical (unpaired) electrons. The maximum absolute atomic E-state index is 5.56. The zero-order valence-corrected chi connectivity index (χ0v) is 10.00. The maximum atomic E-state index is 5.56. The molecule has 1 saturated heterocycles. The lowest BCUT2D eigenvalue weighted by Crippen LogP contribution is -2.20. The van der Waals surface area contributed by atoms with Crippen LogP contribution in [0.1, 0.15) is 17.4 Å². The maximum Gasteiger partial charge on any atom is 0.201 e. The third-order valence-electron chi connectivity index (χ3n) is 2.14. The Morgan fingerprint density at radius 1 is 1.46 bits per heavy atom. The first-order chi connectivity index (χ1) is 6.12. The van der Waals surface area contributed by atoms with Crippen LogP contribution < -0.4 is 0 Å². The van der Waals surface area contributed by atoms with Crippen LogP contribution in [-0.2, 0) is 15.3 Å². The number of ether oxygens (including phenoxy) is 2. The molecule has 13 heavy (non-hydrogen) atoms. The van der Waals surface area contributed by atoms with Gasteiger partial charge in [0.1, 0.15) is 0 Å². The molecule has 1 aromatic rings. The molecular weight excluding hydrogens is 252 g/mol. The summed E-state index contributed by atoms with van der Waals surface area (Å²) in [4.78, 5) is 1.13. The van der Waals surface area contributed by atoms with Crippen molar-refractivity contribution < 1.29 is 9.47 Å². The lowest BCUT2D eigenvalue weighted by Gasteiger charge is -2.20. The van der Waals surface area contributed by atoms with Crippen molar-refractivity contribution in [3.63, 3.8) is 0 Å². The summed E-state index contributed by atoms with van der Waals surface area (Å²) < 4.78 is 12.3. The van der Waals surface area contributed by atoms with Gasteiger partial charge in [0.15, 0.2) is 0 Å². The van der Waals surface area contributed by atoms with Gasteiger partial charge < -0.3 is 9.47 Å². The highest BCUT2D eigenvalue weighted by molar-refractivity contribution is 9.11. The van der Waals surface area contributed by atoms with Crippen LogP contribution in [0.25, 0.3) is 0 Å². The predicted molar refractivity (Wildman–Crippen MR) is 56.0 cm³/mol. The minimum atomic E-state index is -0.512. The number of hydrogen-bond donors (Lipinski definition) is 0. The van der Waals surface area contributed by atoms with Gasteiger partial charge in [-0.1, -0.05) is 0 Å². The second-order valence-electron chi connectivity index (χ2n) is 3.21. The highest BCUT2D eigenvalue weighted by Gasteiger charge is 2.34. The molecule has 2 rings (SSSR count). The molecule has 0 bridgehead atoms. The van der Waals surface area contributed by atoms with E-state index in [2.05, 4.69) is 28.9 Å². The van der Waals surface area contributed by atoms with Gasteiger partial charge in [0.2, 0.25) is 5.79 Å². The van der Waals surface area contributed by atoms with Gasteiger partial charge in [0.25, 0.3) is 0 Å². The fourth-order valence-electron chi connectivity index (χ4n) is 1.34. The Bertz CT molecular complexity index is 296. The third kappa shape index (κ3) is 1.68. The summed E-state index contributed by atoms with van der Waals surface area (Å²) in [6.07, 6.45) is 0. The normalized spacial score (nSPS) is 20.8. The molecule has 1 fully saturated rings. The topological polar surface area (TPSA) is 18.5 Å². The van der Waals surface area contributed by atoms with Crippen molar-refractivity contribution in [3.8, 4) is 0 Å². The lowest BCUT2D eigenvalue weighted by atomic mass is 10.2. The van der Waals surface area contributed by atoms with E-state index < -0.39 is 5.79 Å². The Balaban J connectivity index is 2.34. The van der Waals surface area contributed by atoms with E-state index in [0.29, 0.717) is 13.2 Å². The summed E-state index contributed by atoms with van der Waals surface area (Å²) in [6.45, 7) is 5.41. The molecule has 0 amide bonds. The minimum Gasteiger partial charge on any atom is -0.343 e. The van der Waals surface area contributed by atoms with Crippen molar-refractivity contribution in [2.24, 2.45) is 0 Å². The summed E-state index contributed by atoms with van der Waals surface area (Å²) in [6, 6.07) is 2.11. The smallest absolute Gasteiger partial charge is 0.201 e. The van der Waals surface area contributed by atoms with Crippen LogP contribution >= 0.6 is 27.3 Å². The molecule has 72 valence electrons. The summed E-state index contributed by atoms with van der Waals surface area (Å²) in [5, 5.41) is 0. The van der Waals surface area contributed by atoms with Gasteiger partial charge in [-0.15, -0.1) is 11.3 Å². The number of thiophene rings is 1.